The number of likely N-dealkylation sites (N-methyl/N-ethyl adjacent to an activating group) is 1. The Kier molecular flexibility index (Phi) is 5.81. The minimum atomic E-state index is 0.0402. The summed E-state index contributed by atoms with van der Waals surface area (Å²) in [4.78, 5) is 21.9. The molecule has 0 saturated heterocycles. The molecule has 0 aliphatic heterocycles. The van der Waals surface area contributed by atoms with Gasteiger partial charge in [-0.1, -0.05) is 71.5 Å². The monoisotopic (exact) mass is 423 g/mol. The molecule has 1 aromatic heterocycles. The van der Waals surface area contributed by atoms with Gasteiger partial charge in [0.1, 0.15) is 5.52 Å². The number of rotatable bonds is 6. The van der Waals surface area contributed by atoms with Crippen LogP contribution < -0.4 is 4.90 Å². The standard InChI is InChI=1S/C23H22ClN3OS/c1-26(2)13-14-27(23-25-22-19(24)11-6-12-20(22)29-23)21(28)15-17-9-5-8-16-7-3-4-10-18(16)17/h3-12H,13-15H2,1-2H3. The van der Waals surface area contributed by atoms with Gasteiger partial charge in [-0.05, 0) is 42.6 Å². The fraction of sp³-hybridized carbons (Fsp3) is 0.217. The SMILES string of the molecule is CN(C)CCN(C(=O)Cc1cccc2ccccc12)c1nc2c(Cl)cccc2s1. The third kappa shape index (κ3) is 4.27. The Morgan fingerprint density at radius 3 is 2.55 bits per heavy atom. The lowest BCUT2D eigenvalue weighted by Gasteiger charge is -2.22. The second-order valence-corrected chi connectivity index (χ2v) is 8.66. The van der Waals surface area contributed by atoms with Crippen LogP contribution in [0.3, 0.4) is 0 Å². The van der Waals surface area contributed by atoms with Crippen molar-refractivity contribution in [3.8, 4) is 0 Å². The molecule has 0 saturated carbocycles. The molecule has 4 nitrogen and oxygen atoms in total. The van der Waals surface area contributed by atoms with Crippen LogP contribution in [0, 0.1) is 0 Å². The highest BCUT2D eigenvalue weighted by Gasteiger charge is 2.21. The molecule has 0 spiro atoms. The van der Waals surface area contributed by atoms with Crippen molar-refractivity contribution in [3.05, 3.63) is 71.2 Å². The summed E-state index contributed by atoms with van der Waals surface area (Å²) in [5.74, 6) is 0.0402. The third-order valence-electron chi connectivity index (χ3n) is 4.88. The summed E-state index contributed by atoms with van der Waals surface area (Å²) in [6.07, 6.45) is 0.332. The number of para-hydroxylation sites is 1. The lowest BCUT2D eigenvalue weighted by molar-refractivity contribution is -0.118. The lowest BCUT2D eigenvalue weighted by atomic mass is 10.0. The Morgan fingerprint density at radius 1 is 1.00 bits per heavy atom. The van der Waals surface area contributed by atoms with Crippen LogP contribution in [0.1, 0.15) is 5.56 Å². The Morgan fingerprint density at radius 2 is 1.76 bits per heavy atom. The molecule has 1 heterocycles. The second kappa shape index (κ2) is 8.49. The quantitative estimate of drug-likeness (QED) is 0.425. The van der Waals surface area contributed by atoms with Gasteiger partial charge in [0, 0.05) is 13.1 Å². The topological polar surface area (TPSA) is 36.4 Å². The van der Waals surface area contributed by atoms with Gasteiger partial charge in [0.15, 0.2) is 5.13 Å². The first kappa shape index (κ1) is 19.8. The zero-order valence-corrected chi connectivity index (χ0v) is 18.0. The summed E-state index contributed by atoms with van der Waals surface area (Å²) in [6, 6.07) is 20.0. The predicted octanol–water partition coefficient (Wildman–Crippen LogP) is 5.24. The zero-order valence-electron chi connectivity index (χ0n) is 16.4. The molecule has 4 rings (SSSR count). The second-order valence-electron chi connectivity index (χ2n) is 7.25. The van der Waals surface area contributed by atoms with Crippen molar-refractivity contribution in [3.63, 3.8) is 0 Å². The first-order valence-electron chi connectivity index (χ1n) is 9.50. The number of aromatic nitrogens is 1. The number of amides is 1. The Balaban J connectivity index is 1.68. The summed E-state index contributed by atoms with van der Waals surface area (Å²) < 4.78 is 0.986. The van der Waals surface area contributed by atoms with Gasteiger partial charge >= 0.3 is 0 Å². The van der Waals surface area contributed by atoms with Crippen molar-refractivity contribution in [1.82, 2.24) is 9.88 Å². The minimum absolute atomic E-state index is 0.0402. The van der Waals surface area contributed by atoms with E-state index in [1.54, 1.807) is 4.90 Å². The summed E-state index contributed by atoms with van der Waals surface area (Å²) >= 11 is 7.81. The van der Waals surface area contributed by atoms with Gasteiger partial charge in [-0.15, -0.1) is 0 Å². The van der Waals surface area contributed by atoms with Crippen molar-refractivity contribution in [1.29, 1.82) is 0 Å². The van der Waals surface area contributed by atoms with E-state index < -0.39 is 0 Å². The summed E-state index contributed by atoms with van der Waals surface area (Å²) in [6.45, 7) is 1.33. The number of carbonyl (C=O) groups is 1. The van der Waals surface area contributed by atoms with E-state index in [2.05, 4.69) is 28.1 Å². The maximum Gasteiger partial charge on any atom is 0.233 e. The number of carbonyl (C=O) groups excluding carboxylic acids is 1. The Bertz CT molecular complexity index is 1170. The molecule has 0 aliphatic carbocycles. The minimum Gasteiger partial charge on any atom is -0.308 e. The molecule has 0 atom stereocenters. The van der Waals surface area contributed by atoms with Crippen LogP contribution >= 0.6 is 22.9 Å². The van der Waals surface area contributed by atoms with E-state index in [0.717, 1.165) is 33.1 Å². The molecule has 0 fully saturated rings. The van der Waals surface area contributed by atoms with Crippen LogP contribution in [0.25, 0.3) is 21.0 Å². The van der Waals surface area contributed by atoms with E-state index in [-0.39, 0.29) is 5.91 Å². The van der Waals surface area contributed by atoms with Gasteiger partial charge in [0.25, 0.3) is 0 Å². The number of thiazole rings is 1. The zero-order chi connectivity index (χ0) is 20.4. The van der Waals surface area contributed by atoms with Crippen molar-refractivity contribution in [2.75, 3.05) is 32.1 Å². The smallest absolute Gasteiger partial charge is 0.233 e. The maximum absolute atomic E-state index is 13.4. The van der Waals surface area contributed by atoms with Crippen LogP contribution in [-0.2, 0) is 11.2 Å². The molecular weight excluding hydrogens is 402 g/mol. The normalized spacial score (nSPS) is 11.4. The largest absolute Gasteiger partial charge is 0.308 e. The average molecular weight is 424 g/mol. The molecule has 0 aliphatic rings. The van der Waals surface area contributed by atoms with Gasteiger partial charge in [0.2, 0.25) is 5.91 Å². The fourth-order valence-electron chi connectivity index (χ4n) is 3.35. The lowest BCUT2D eigenvalue weighted by Crippen LogP contribution is -2.37. The van der Waals surface area contributed by atoms with Crippen molar-refractivity contribution in [2.45, 2.75) is 6.42 Å². The molecule has 0 unspecified atom stereocenters. The molecule has 0 radical (unpaired) electrons. The number of hydrogen-bond acceptors (Lipinski definition) is 4. The van der Waals surface area contributed by atoms with Crippen LogP contribution in [0.5, 0.6) is 0 Å². The van der Waals surface area contributed by atoms with Crippen LogP contribution in [-0.4, -0.2) is 43.0 Å². The summed E-state index contributed by atoms with van der Waals surface area (Å²) in [5, 5.41) is 3.56. The third-order valence-corrected chi connectivity index (χ3v) is 6.23. The number of anilines is 1. The number of halogens is 1. The molecule has 0 N–H and O–H groups in total. The van der Waals surface area contributed by atoms with Gasteiger partial charge in [-0.2, -0.15) is 0 Å². The van der Waals surface area contributed by atoms with Gasteiger partial charge < -0.3 is 4.90 Å². The highest BCUT2D eigenvalue weighted by Crippen LogP contribution is 2.33. The molecule has 1 amide bonds. The van der Waals surface area contributed by atoms with Gasteiger partial charge in [-0.3, -0.25) is 9.69 Å². The fourth-order valence-corrected chi connectivity index (χ4v) is 4.66. The average Bonchev–Trinajstić information content (AvgIpc) is 3.13. The first-order valence-corrected chi connectivity index (χ1v) is 10.7. The van der Waals surface area contributed by atoms with E-state index in [1.807, 2.05) is 56.6 Å². The Labute approximate surface area is 179 Å². The number of nitrogens with zero attached hydrogens (tertiary/aromatic N) is 3. The molecule has 148 valence electrons. The highest BCUT2D eigenvalue weighted by molar-refractivity contribution is 7.22. The van der Waals surface area contributed by atoms with Gasteiger partial charge in [-0.25, -0.2) is 4.98 Å². The van der Waals surface area contributed by atoms with Crippen molar-refractivity contribution < 1.29 is 4.79 Å². The predicted molar refractivity (Wildman–Crippen MR) is 123 cm³/mol. The maximum atomic E-state index is 13.4. The molecule has 6 heteroatoms. The first-order chi connectivity index (χ1) is 14.0. The highest BCUT2D eigenvalue weighted by atomic mass is 35.5. The number of fused-ring (bicyclic) bond motifs is 2. The van der Waals surface area contributed by atoms with Crippen LogP contribution in [0.15, 0.2) is 60.7 Å². The number of benzene rings is 3. The number of hydrogen-bond donors (Lipinski definition) is 0. The van der Waals surface area contributed by atoms with Gasteiger partial charge in [0.05, 0.1) is 16.1 Å². The molecule has 29 heavy (non-hydrogen) atoms. The molecular formula is C23H22ClN3OS. The van der Waals surface area contributed by atoms with Crippen molar-refractivity contribution in [2.24, 2.45) is 0 Å². The summed E-state index contributed by atoms with van der Waals surface area (Å²) in [7, 11) is 4.01. The van der Waals surface area contributed by atoms with E-state index in [1.165, 1.54) is 11.3 Å². The van der Waals surface area contributed by atoms with E-state index >= 15 is 0 Å². The molecule has 4 aromatic rings. The van der Waals surface area contributed by atoms with Crippen LogP contribution in [0.4, 0.5) is 5.13 Å². The van der Waals surface area contributed by atoms with E-state index in [0.29, 0.717) is 23.1 Å². The molecule has 0 bridgehead atoms. The Hall–Kier alpha value is -2.47. The van der Waals surface area contributed by atoms with E-state index in [9.17, 15) is 4.79 Å². The molecule has 3 aromatic carbocycles. The van der Waals surface area contributed by atoms with Crippen LogP contribution in [0.2, 0.25) is 5.02 Å². The summed E-state index contributed by atoms with van der Waals surface area (Å²) in [5.41, 5.74) is 1.78. The van der Waals surface area contributed by atoms with Crippen molar-refractivity contribution >= 4 is 55.0 Å². The van der Waals surface area contributed by atoms with E-state index in [4.69, 9.17) is 11.6 Å².